The lowest BCUT2D eigenvalue weighted by atomic mass is 10.0. The molecule has 1 N–H and O–H groups in total. The topological polar surface area (TPSA) is 50.9 Å². The number of hydrogen-bond acceptors (Lipinski definition) is 3. The Morgan fingerprint density at radius 3 is 2.65 bits per heavy atom. The van der Waals surface area contributed by atoms with Crippen LogP contribution in [0.3, 0.4) is 0 Å². The minimum atomic E-state index is -0.526. The summed E-state index contributed by atoms with van der Waals surface area (Å²) >= 11 is 0. The van der Waals surface area contributed by atoms with Crippen molar-refractivity contribution in [2.45, 2.75) is 25.2 Å². The number of hydrogen-bond donors (Lipinski definition) is 1. The first-order valence-electron chi connectivity index (χ1n) is 7.64. The Bertz CT molecular complexity index is 658. The number of rotatable bonds is 7. The van der Waals surface area contributed by atoms with E-state index in [1.54, 1.807) is 0 Å². The van der Waals surface area contributed by atoms with E-state index < -0.39 is 5.81 Å². The summed E-state index contributed by atoms with van der Waals surface area (Å²) in [5.74, 6) is 0.280. The van der Waals surface area contributed by atoms with E-state index >= 15 is 0 Å². The minimum absolute atomic E-state index is 0.0522. The summed E-state index contributed by atoms with van der Waals surface area (Å²) in [6.07, 6.45) is 0.715. The highest BCUT2D eigenvalue weighted by Crippen LogP contribution is 2.21. The first kappa shape index (κ1) is 15.6. The van der Waals surface area contributed by atoms with Crippen LogP contribution in [0.15, 0.2) is 54.6 Å². The summed E-state index contributed by atoms with van der Waals surface area (Å²) in [5, 5.41) is 2.74. The molecule has 0 unspecified atom stereocenters. The van der Waals surface area contributed by atoms with Crippen LogP contribution in [0, 0.1) is 0 Å². The molecule has 1 saturated heterocycles. The van der Waals surface area contributed by atoms with Crippen LogP contribution in [0.25, 0.3) is 0 Å². The largest absolute Gasteiger partial charge is 0.489 e. The predicted molar refractivity (Wildman–Crippen MR) is 88.7 cm³/mol. The molecule has 2 radical (unpaired) electrons. The Labute approximate surface area is 137 Å². The molecule has 0 aromatic heterocycles. The first-order valence-corrected chi connectivity index (χ1v) is 7.64. The highest BCUT2D eigenvalue weighted by atomic mass is 16.6. The van der Waals surface area contributed by atoms with Crippen LogP contribution in [-0.2, 0) is 17.8 Å². The molecule has 4 nitrogen and oxygen atoms in total. The van der Waals surface area contributed by atoms with Gasteiger partial charge in [0.25, 0.3) is 0 Å². The molecule has 23 heavy (non-hydrogen) atoms. The second kappa shape index (κ2) is 7.33. The Hall–Kier alpha value is -2.27. The maximum Gasteiger partial charge on any atom is 0.200 e. The Morgan fingerprint density at radius 2 is 1.96 bits per heavy atom. The molecular formula is C18H18BNO3. The molecule has 2 aromatic carbocycles. The highest BCUT2D eigenvalue weighted by Gasteiger charge is 2.33. The van der Waals surface area contributed by atoms with E-state index in [9.17, 15) is 4.79 Å². The standard InChI is InChI=1S/C18H18BNO3/c19-18(21)20-16(17-12-23-17)10-14-7-4-8-15(9-14)22-11-13-5-2-1-3-6-13/h1-9,16-17H,10-12H2,(H,20,21)/t16-,17-/m1/s1. The third-order valence-corrected chi connectivity index (χ3v) is 3.74. The number of carbonyl (C=O) groups is 1. The number of epoxide rings is 1. The van der Waals surface area contributed by atoms with Gasteiger partial charge in [0.05, 0.1) is 12.6 Å². The smallest absolute Gasteiger partial charge is 0.200 e. The quantitative estimate of drug-likeness (QED) is 0.631. The molecule has 5 heteroatoms. The van der Waals surface area contributed by atoms with Crippen molar-refractivity contribution in [1.29, 1.82) is 0 Å². The van der Waals surface area contributed by atoms with E-state index in [1.165, 1.54) is 0 Å². The van der Waals surface area contributed by atoms with Gasteiger partial charge in [0.15, 0.2) is 5.81 Å². The van der Waals surface area contributed by atoms with Gasteiger partial charge in [-0.25, -0.2) is 0 Å². The van der Waals surface area contributed by atoms with E-state index in [0.717, 1.165) is 16.9 Å². The van der Waals surface area contributed by atoms with Gasteiger partial charge < -0.3 is 14.8 Å². The summed E-state index contributed by atoms with van der Waals surface area (Å²) in [5.41, 5.74) is 2.20. The number of carbonyl (C=O) groups excluding carboxylic acids is 1. The molecule has 1 aliphatic rings. The molecule has 2 atom stereocenters. The fourth-order valence-electron chi connectivity index (χ4n) is 2.50. The number of benzene rings is 2. The lowest BCUT2D eigenvalue weighted by Crippen LogP contribution is -2.39. The molecule has 1 aliphatic heterocycles. The van der Waals surface area contributed by atoms with Gasteiger partial charge in [0.1, 0.15) is 18.5 Å². The van der Waals surface area contributed by atoms with Crippen LogP contribution >= 0.6 is 0 Å². The molecular weight excluding hydrogens is 289 g/mol. The monoisotopic (exact) mass is 307 g/mol. The zero-order valence-electron chi connectivity index (χ0n) is 12.8. The van der Waals surface area contributed by atoms with E-state index in [2.05, 4.69) is 5.32 Å². The molecule has 0 spiro atoms. The molecule has 0 aliphatic carbocycles. The van der Waals surface area contributed by atoms with Crippen LogP contribution < -0.4 is 10.1 Å². The summed E-state index contributed by atoms with van der Waals surface area (Å²) in [7, 11) is 5.22. The number of nitrogens with one attached hydrogen (secondary N) is 1. The lowest BCUT2D eigenvalue weighted by Gasteiger charge is -2.16. The van der Waals surface area contributed by atoms with Crippen molar-refractivity contribution in [2.75, 3.05) is 6.61 Å². The van der Waals surface area contributed by atoms with Crippen LogP contribution in [0.1, 0.15) is 11.1 Å². The van der Waals surface area contributed by atoms with E-state index in [1.807, 2.05) is 54.6 Å². The third-order valence-electron chi connectivity index (χ3n) is 3.74. The fourth-order valence-corrected chi connectivity index (χ4v) is 2.50. The van der Waals surface area contributed by atoms with Gasteiger partial charge in [-0.2, -0.15) is 0 Å². The van der Waals surface area contributed by atoms with Gasteiger partial charge in [-0.3, -0.25) is 4.79 Å². The van der Waals surface area contributed by atoms with Gasteiger partial charge in [0.2, 0.25) is 7.85 Å². The van der Waals surface area contributed by atoms with E-state index in [0.29, 0.717) is 19.6 Å². The Balaban J connectivity index is 1.61. The van der Waals surface area contributed by atoms with Crippen LogP contribution in [0.4, 0.5) is 4.79 Å². The van der Waals surface area contributed by atoms with Crippen molar-refractivity contribution in [3.63, 3.8) is 0 Å². The fraction of sp³-hybridized carbons (Fsp3) is 0.278. The normalized spacial score (nSPS) is 17.3. The Kier molecular flexibility index (Phi) is 4.98. The van der Waals surface area contributed by atoms with E-state index in [4.69, 9.17) is 17.3 Å². The third kappa shape index (κ3) is 4.86. The van der Waals surface area contributed by atoms with Crippen molar-refractivity contribution < 1.29 is 14.3 Å². The van der Waals surface area contributed by atoms with E-state index in [-0.39, 0.29) is 12.1 Å². The second-order valence-electron chi connectivity index (χ2n) is 5.61. The molecule has 116 valence electrons. The van der Waals surface area contributed by atoms with Crippen molar-refractivity contribution in [3.8, 4) is 5.75 Å². The second-order valence-corrected chi connectivity index (χ2v) is 5.61. The highest BCUT2D eigenvalue weighted by molar-refractivity contribution is 6.57. The van der Waals surface area contributed by atoms with Gasteiger partial charge in [-0.05, 0) is 29.7 Å². The average Bonchev–Trinajstić information content (AvgIpc) is 3.38. The summed E-state index contributed by atoms with van der Waals surface area (Å²) in [6.45, 7) is 1.19. The summed E-state index contributed by atoms with van der Waals surface area (Å²) in [6, 6.07) is 17.8. The summed E-state index contributed by atoms with van der Waals surface area (Å²) < 4.78 is 11.1. The number of ether oxygens (including phenoxy) is 2. The maximum atomic E-state index is 11.1. The van der Waals surface area contributed by atoms with Gasteiger partial charge in [-0.15, -0.1) is 0 Å². The van der Waals surface area contributed by atoms with Crippen LogP contribution in [0.5, 0.6) is 5.75 Å². The van der Waals surface area contributed by atoms with Gasteiger partial charge in [0, 0.05) is 0 Å². The predicted octanol–water partition coefficient (Wildman–Crippen LogP) is 2.45. The number of amides is 1. The zero-order chi connectivity index (χ0) is 16.1. The molecule has 1 amide bonds. The van der Waals surface area contributed by atoms with Crippen LogP contribution in [-0.4, -0.2) is 32.4 Å². The molecule has 1 heterocycles. The summed E-state index contributed by atoms with van der Waals surface area (Å²) in [4.78, 5) is 11.1. The van der Waals surface area contributed by atoms with Gasteiger partial charge in [-0.1, -0.05) is 42.5 Å². The van der Waals surface area contributed by atoms with Crippen molar-refractivity contribution in [2.24, 2.45) is 0 Å². The molecule has 1 fully saturated rings. The zero-order valence-corrected chi connectivity index (χ0v) is 12.8. The van der Waals surface area contributed by atoms with Crippen molar-refractivity contribution >= 4 is 13.7 Å². The van der Waals surface area contributed by atoms with Crippen LogP contribution in [0.2, 0.25) is 0 Å². The molecule has 0 bridgehead atoms. The maximum absolute atomic E-state index is 11.1. The molecule has 2 aromatic rings. The van der Waals surface area contributed by atoms with Crippen molar-refractivity contribution in [3.05, 3.63) is 65.7 Å². The Morgan fingerprint density at radius 1 is 1.22 bits per heavy atom. The lowest BCUT2D eigenvalue weighted by molar-refractivity contribution is 0.251. The van der Waals surface area contributed by atoms with Gasteiger partial charge >= 0.3 is 0 Å². The molecule has 3 rings (SSSR count). The average molecular weight is 307 g/mol. The SMILES string of the molecule is [B]C(=O)N[C@H](Cc1cccc(OCc2ccccc2)c1)[C@H]1CO1. The first-order chi connectivity index (χ1) is 11.2. The van der Waals surface area contributed by atoms with Crippen molar-refractivity contribution in [1.82, 2.24) is 5.32 Å². The minimum Gasteiger partial charge on any atom is -0.489 e. The molecule has 0 saturated carbocycles.